The lowest BCUT2D eigenvalue weighted by Crippen LogP contribution is -2.14. The fourth-order valence-corrected chi connectivity index (χ4v) is 1.76. The summed E-state index contributed by atoms with van der Waals surface area (Å²) >= 11 is 0. The van der Waals surface area contributed by atoms with Crippen LogP contribution in [0.5, 0.6) is 0 Å². The Labute approximate surface area is 153 Å². The molecule has 0 fully saturated rings. The van der Waals surface area contributed by atoms with E-state index >= 15 is 0 Å². The highest BCUT2D eigenvalue weighted by molar-refractivity contribution is 5.70. The maximum Gasteiger partial charge on any atom is 0.308 e. The summed E-state index contributed by atoms with van der Waals surface area (Å²) < 4.78 is 25.5. The van der Waals surface area contributed by atoms with Crippen LogP contribution in [0.2, 0.25) is 0 Å². The summed E-state index contributed by atoms with van der Waals surface area (Å²) in [6.07, 6.45) is 1.47. The number of carbonyl (C=O) groups excluding carboxylic acids is 2. The van der Waals surface area contributed by atoms with Gasteiger partial charge in [-0.15, -0.1) is 0 Å². The van der Waals surface area contributed by atoms with Crippen LogP contribution in [0.15, 0.2) is 0 Å². The van der Waals surface area contributed by atoms with Crippen molar-refractivity contribution in [3.05, 3.63) is 0 Å². The van der Waals surface area contributed by atoms with Gasteiger partial charge in [0.25, 0.3) is 0 Å². The first-order valence-corrected chi connectivity index (χ1v) is 8.82. The summed E-state index contributed by atoms with van der Waals surface area (Å²) in [5.41, 5.74) is 0. The van der Waals surface area contributed by atoms with Crippen LogP contribution in [0.4, 0.5) is 0 Å². The molecule has 0 aliphatic carbocycles. The number of unbranched alkanes of at least 4 members (excludes halogenated alkanes) is 1. The number of hydrogen-bond donors (Lipinski definition) is 1. The van der Waals surface area contributed by atoms with Gasteiger partial charge in [0.1, 0.15) is 6.61 Å². The zero-order chi connectivity index (χ0) is 19.5. The second-order valence-corrected chi connectivity index (χ2v) is 5.21. The normalized spacial score (nSPS) is 10.5. The van der Waals surface area contributed by atoms with Crippen molar-refractivity contribution in [2.45, 2.75) is 39.0 Å². The van der Waals surface area contributed by atoms with Crippen molar-refractivity contribution < 1.29 is 43.2 Å². The molecule has 0 spiro atoms. The molecule has 0 heterocycles. The molecule has 0 aliphatic heterocycles. The number of aliphatic carboxylic acids is 1. The van der Waals surface area contributed by atoms with Crippen LogP contribution in [0.25, 0.3) is 0 Å². The van der Waals surface area contributed by atoms with Crippen LogP contribution in [0, 0.1) is 0 Å². The first kappa shape index (κ1) is 24.3. The number of carboxylic acids is 1. The van der Waals surface area contributed by atoms with E-state index in [4.69, 9.17) is 28.8 Å². The van der Waals surface area contributed by atoms with Crippen molar-refractivity contribution >= 4 is 17.9 Å². The van der Waals surface area contributed by atoms with Gasteiger partial charge < -0.3 is 28.8 Å². The third-order valence-electron chi connectivity index (χ3n) is 3.01. The number of hydrogen-bond acceptors (Lipinski definition) is 8. The number of carboxylic acid groups (broad SMARTS) is 1. The fourth-order valence-electron chi connectivity index (χ4n) is 1.76. The van der Waals surface area contributed by atoms with Crippen molar-refractivity contribution in [2.75, 3.05) is 52.9 Å². The van der Waals surface area contributed by atoms with Crippen molar-refractivity contribution in [2.24, 2.45) is 0 Å². The fraction of sp³-hybridized carbons (Fsp3) is 0.824. The molecule has 0 aromatic carbocycles. The number of carbonyl (C=O) groups is 3. The highest BCUT2D eigenvalue weighted by atomic mass is 16.6. The molecule has 0 aliphatic rings. The number of esters is 2. The lowest BCUT2D eigenvalue weighted by atomic mass is 10.2. The van der Waals surface area contributed by atoms with E-state index in [1.54, 1.807) is 6.92 Å². The molecular formula is C17H30O9. The summed E-state index contributed by atoms with van der Waals surface area (Å²) in [5, 5.41) is 8.47. The molecule has 1 N–H and O–H groups in total. The average Bonchev–Trinajstić information content (AvgIpc) is 2.59. The van der Waals surface area contributed by atoms with Crippen LogP contribution in [-0.4, -0.2) is 75.9 Å². The molecule has 0 aromatic heterocycles. The summed E-state index contributed by atoms with van der Waals surface area (Å²) in [6, 6.07) is 0. The molecule has 152 valence electrons. The molecule has 0 saturated carbocycles. The van der Waals surface area contributed by atoms with Gasteiger partial charge in [0, 0.05) is 12.8 Å². The Bertz CT molecular complexity index is 384. The molecule has 9 heteroatoms. The summed E-state index contributed by atoms with van der Waals surface area (Å²) in [5.74, 6) is -1.49. The van der Waals surface area contributed by atoms with Gasteiger partial charge in [-0.3, -0.25) is 14.4 Å². The monoisotopic (exact) mass is 378 g/mol. The second kappa shape index (κ2) is 18.1. The predicted octanol–water partition coefficient (Wildman–Crippen LogP) is 1.18. The van der Waals surface area contributed by atoms with E-state index in [2.05, 4.69) is 0 Å². The van der Waals surface area contributed by atoms with E-state index in [0.29, 0.717) is 52.5 Å². The van der Waals surface area contributed by atoms with Crippen LogP contribution in [0.3, 0.4) is 0 Å². The minimum Gasteiger partial charge on any atom is -0.481 e. The topological polar surface area (TPSA) is 118 Å². The maximum atomic E-state index is 11.3. The van der Waals surface area contributed by atoms with Gasteiger partial charge in [-0.25, -0.2) is 0 Å². The molecule has 0 bridgehead atoms. The van der Waals surface area contributed by atoms with E-state index in [9.17, 15) is 14.4 Å². The smallest absolute Gasteiger partial charge is 0.308 e. The van der Waals surface area contributed by atoms with Crippen LogP contribution in [0.1, 0.15) is 39.0 Å². The summed E-state index contributed by atoms with van der Waals surface area (Å²) in [6.45, 7) is 4.42. The molecule has 0 atom stereocenters. The van der Waals surface area contributed by atoms with Gasteiger partial charge in [0.2, 0.25) is 0 Å². The highest BCUT2D eigenvalue weighted by Gasteiger charge is 2.04. The van der Waals surface area contributed by atoms with Crippen LogP contribution in [-0.2, 0) is 38.1 Å². The van der Waals surface area contributed by atoms with Gasteiger partial charge >= 0.3 is 17.9 Å². The molecule has 0 radical (unpaired) electrons. The molecule has 0 rings (SSSR count). The van der Waals surface area contributed by atoms with E-state index in [-0.39, 0.29) is 44.4 Å². The van der Waals surface area contributed by atoms with Crippen molar-refractivity contribution in [3.63, 3.8) is 0 Å². The Kier molecular flexibility index (Phi) is 16.9. The zero-order valence-electron chi connectivity index (χ0n) is 15.4. The standard InChI is InChI=1S/C17H30O9/c1-2-25-17(21)7-8-22-9-10-23-11-12-24-13-14-26-16(20)6-4-3-5-15(18)19/h2-14H2,1H3,(H,18,19). The lowest BCUT2D eigenvalue weighted by molar-refractivity contribution is -0.146. The quantitative estimate of drug-likeness (QED) is 0.277. The van der Waals surface area contributed by atoms with Crippen molar-refractivity contribution in [3.8, 4) is 0 Å². The third kappa shape index (κ3) is 18.6. The van der Waals surface area contributed by atoms with Crippen molar-refractivity contribution in [1.82, 2.24) is 0 Å². The molecule has 0 saturated heterocycles. The van der Waals surface area contributed by atoms with Gasteiger partial charge in [-0.05, 0) is 19.8 Å². The molecular weight excluding hydrogens is 348 g/mol. The summed E-state index contributed by atoms with van der Waals surface area (Å²) in [7, 11) is 0. The molecule has 26 heavy (non-hydrogen) atoms. The maximum absolute atomic E-state index is 11.3. The van der Waals surface area contributed by atoms with E-state index in [0.717, 1.165) is 0 Å². The van der Waals surface area contributed by atoms with Crippen molar-refractivity contribution in [1.29, 1.82) is 0 Å². The minimum absolute atomic E-state index is 0.0623. The summed E-state index contributed by atoms with van der Waals surface area (Å²) in [4.78, 5) is 32.7. The van der Waals surface area contributed by atoms with Crippen LogP contribution < -0.4 is 0 Å². The molecule has 0 amide bonds. The number of ether oxygens (including phenoxy) is 5. The third-order valence-corrected chi connectivity index (χ3v) is 3.01. The Morgan fingerprint density at radius 1 is 0.654 bits per heavy atom. The van der Waals surface area contributed by atoms with Gasteiger partial charge in [0.15, 0.2) is 0 Å². The average molecular weight is 378 g/mol. The Morgan fingerprint density at radius 2 is 1.15 bits per heavy atom. The molecule has 9 nitrogen and oxygen atoms in total. The lowest BCUT2D eigenvalue weighted by Gasteiger charge is -2.07. The molecule has 0 aromatic rings. The Balaban J connectivity index is 3.20. The predicted molar refractivity (Wildman–Crippen MR) is 90.8 cm³/mol. The largest absolute Gasteiger partial charge is 0.481 e. The first-order chi connectivity index (χ1) is 12.6. The van der Waals surface area contributed by atoms with Gasteiger partial charge in [0.05, 0.1) is 52.7 Å². The van der Waals surface area contributed by atoms with E-state index < -0.39 is 5.97 Å². The second-order valence-electron chi connectivity index (χ2n) is 5.21. The Morgan fingerprint density at radius 3 is 1.73 bits per heavy atom. The van der Waals surface area contributed by atoms with E-state index in [1.807, 2.05) is 0 Å². The number of rotatable bonds is 18. The molecule has 0 unspecified atom stereocenters. The first-order valence-electron chi connectivity index (χ1n) is 8.82. The Hall–Kier alpha value is -1.71. The van der Waals surface area contributed by atoms with Crippen LogP contribution >= 0.6 is 0 Å². The van der Waals surface area contributed by atoms with Gasteiger partial charge in [-0.1, -0.05) is 0 Å². The SMILES string of the molecule is CCOC(=O)CCOCCOCCOCCOC(=O)CCCCC(=O)O. The van der Waals surface area contributed by atoms with Gasteiger partial charge in [-0.2, -0.15) is 0 Å². The minimum atomic E-state index is -0.864. The highest BCUT2D eigenvalue weighted by Crippen LogP contribution is 2.01. The zero-order valence-corrected chi connectivity index (χ0v) is 15.4. The van der Waals surface area contributed by atoms with E-state index in [1.165, 1.54) is 0 Å².